The summed E-state index contributed by atoms with van der Waals surface area (Å²) in [6, 6.07) is 7.46. The van der Waals surface area contributed by atoms with Gasteiger partial charge in [0, 0.05) is 5.69 Å². The fraction of sp³-hybridized carbons (Fsp3) is 0.417. The van der Waals surface area contributed by atoms with Crippen molar-refractivity contribution >= 4 is 11.5 Å². The second kappa shape index (κ2) is 5.39. The van der Waals surface area contributed by atoms with Crippen molar-refractivity contribution in [1.82, 2.24) is 0 Å². The maximum atomic E-state index is 11.2. The third kappa shape index (κ3) is 3.27. The van der Waals surface area contributed by atoms with Gasteiger partial charge in [-0.15, -0.1) is 0 Å². The molecular weight excluding hydrogens is 190 g/mol. The number of rotatable bonds is 5. The second-order valence-electron chi connectivity index (χ2n) is 3.44. The van der Waals surface area contributed by atoms with Crippen molar-refractivity contribution in [2.45, 2.75) is 26.3 Å². The molecule has 1 aromatic rings. The predicted molar refractivity (Wildman–Crippen MR) is 61.4 cm³/mol. The van der Waals surface area contributed by atoms with Crippen LogP contribution in [0, 0.1) is 0 Å². The maximum Gasteiger partial charge on any atom is 0.151 e. The van der Waals surface area contributed by atoms with Gasteiger partial charge in [-0.25, -0.2) is 0 Å². The summed E-state index contributed by atoms with van der Waals surface area (Å²) in [5.41, 5.74) is 0.942. The molecule has 0 heterocycles. The van der Waals surface area contributed by atoms with Crippen LogP contribution in [0.25, 0.3) is 0 Å². The van der Waals surface area contributed by atoms with Crippen LogP contribution in [0.3, 0.4) is 0 Å². The molecule has 0 radical (unpaired) electrons. The van der Waals surface area contributed by atoms with Gasteiger partial charge in [0.05, 0.1) is 13.2 Å². The average molecular weight is 207 g/mol. The highest BCUT2D eigenvalue weighted by Gasteiger charge is 2.10. The van der Waals surface area contributed by atoms with Crippen molar-refractivity contribution < 1.29 is 9.53 Å². The van der Waals surface area contributed by atoms with Crippen molar-refractivity contribution in [3.05, 3.63) is 24.3 Å². The Morgan fingerprint density at radius 1 is 1.40 bits per heavy atom. The lowest BCUT2D eigenvalue weighted by Gasteiger charge is -2.15. The minimum atomic E-state index is -0.0987. The van der Waals surface area contributed by atoms with Crippen molar-refractivity contribution in [2.24, 2.45) is 0 Å². The third-order valence-electron chi connectivity index (χ3n) is 2.33. The van der Waals surface area contributed by atoms with Gasteiger partial charge in [0.2, 0.25) is 0 Å². The minimum Gasteiger partial charge on any atom is -0.497 e. The van der Waals surface area contributed by atoms with E-state index in [9.17, 15) is 4.79 Å². The number of anilines is 1. The van der Waals surface area contributed by atoms with Crippen LogP contribution >= 0.6 is 0 Å². The topological polar surface area (TPSA) is 38.3 Å². The average Bonchev–Trinajstić information content (AvgIpc) is 2.26. The molecule has 0 aromatic heterocycles. The molecule has 0 aliphatic rings. The van der Waals surface area contributed by atoms with Crippen molar-refractivity contribution in [3.63, 3.8) is 0 Å². The molecule has 1 atom stereocenters. The van der Waals surface area contributed by atoms with E-state index in [4.69, 9.17) is 4.74 Å². The summed E-state index contributed by atoms with van der Waals surface area (Å²) in [6.45, 7) is 3.59. The molecule has 0 saturated carbocycles. The largest absolute Gasteiger partial charge is 0.497 e. The van der Waals surface area contributed by atoms with Gasteiger partial charge in [-0.3, -0.25) is 4.79 Å². The minimum absolute atomic E-state index is 0.0987. The van der Waals surface area contributed by atoms with Gasteiger partial charge < -0.3 is 10.1 Å². The Balaban J connectivity index is 2.67. The van der Waals surface area contributed by atoms with E-state index in [-0.39, 0.29) is 11.8 Å². The zero-order chi connectivity index (χ0) is 11.3. The summed E-state index contributed by atoms with van der Waals surface area (Å²) in [5, 5.41) is 3.17. The van der Waals surface area contributed by atoms with E-state index in [1.807, 2.05) is 31.2 Å². The predicted octanol–water partition coefficient (Wildman–Crippen LogP) is 2.47. The van der Waals surface area contributed by atoms with Gasteiger partial charge >= 0.3 is 0 Å². The zero-order valence-electron chi connectivity index (χ0n) is 9.41. The Morgan fingerprint density at radius 3 is 2.40 bits per heavy atom. The lowest BCUT2D eigenvalue weighted by Crippen LogP contribution is -2.26. The number of benzene rings is 1. The molecule has 15 heavy (non-hydrogen) atoms. The molecule has 0 saturated heterocycles. The van der Waals surface area contributed by atoms with E-state index >= 15 is 0 Å². The highest BCUT2D eigenvalue weighted by Crippen LogP contribution is 2.16. The molecule has 3 nitrogen and oxygen atoms in total. The van der Waals surface area contributed by atoms with Gasteiger partial charge in [-0.2, -0.15) is 0 Å². The highest BCUT2D eigenvalue weighted by atomic mass is 16.5. The van der Waals surface area contributed by atoms with E-state index in [2.05, 4.69) is 5.32 Å². The van der Waals surface area contributed by atoms with E-state index in [0.29, 0.717) is 0 Å². The number of carbonyl (C=O) groups is 1. The van der Waals surface area contributed by atoms with Gasteiger partial charge in [-0.05, 0) is 37.6 Å². The van der Waals surface area contributed by atoms with E-state index < -0.39 is 0 Å². The normalized spacial score (nSPS) is 11.9. The summed E-state index contributed by atoms with van der Waals surface area (Å²) < 4.78 is 5.05. The number of hydrogen-bond acceptors (Lipinski definition) is 3. The van der Waals surface area contributed by atoms with Crippen molar-refractivity contribution in [1.29, 1.82) is 0 Å². The van der Waals surface area contributed by atoms with E-state index in [0.717, 1.165) is 17.9 Å². The van der Waals surface area contributed by atoms with Crippen molar-refractivity contribution in [2.75, 3.05) is 12.4 Å². The first-order chi connectivity index (χ1) is 7.17. The molecule has 0 aliphatic carbocycles. The molecule has 0 aliphatic heterocycles. The van der Waals surface area contributed by atoms with E-state index in [1.54, 1.807) is 14.0 Å². The summed E-state index contributed by atoms with van der Waals surface area (Å²) >= 11 is 0. The van der Waals surface area contributed by atoms with Crippen LogP contribution in [0.4, 0.5) is 5.69 Å². The Kier molecular flexibility index (Phi) is 4.16. The molecule has 3 heteroatoms. The third-order valence-corrected chi connectivity index (χ3v) is 2.33. The van der Waals surface area contributed by atoms with Crippen LogP contribution in [0.2, 0.25) is 0 Å². The monoisotopic (exact) mass is 207 g/mol. The molecule has 0 spiro atoms. The number of carbonyl (C=O) groups excluding carboxylic acids is 1. The molecule has 1 rings (SSSR count). The first-order valence-corrected chi connectivity index (χ1v) is 5.08. The number of hydrogen-bond donors (Lipinski definition) is 1. The van der Waals surface area contributed by atoms with Crippen LogP contribution < -0.4 is 10.1 Å². The Bertz CT molecular complexity index is 319. The molecule has 0 fully saturated rings. The van der Waals surface area contributed by atoms with Gasteiger partial charge in [0.1, 0.15) is 5.75 Å². The Labute approximate surface area is 90.4 Å². The number of Topliss-reactive ketones (excluding diaryl/α,β-unsaturated/α-hetero) is 1. The fourth-order valence-corrected chi connectivity index (χ4v) is 1.38. The summed E-state index contributed by atoms with van der Waals surface area (Å²) in [7, 11) is 1.63. The van der Waals surface area contributed by atoms with Crippen LogP contribution in [0.1, 0.15) is 20.3 Å². The first kappa shape index (κ1) is 11.6. The maximum absolute atomic E-state index is 11.2. The summed E-state index contributed by atoms with van der Waals surface area (Å²) in [6.07, 6.45) is 0.793. The molecule has 0 amide bonds. The number of methoxy groups -OCH3 is 1. The van der Waals surface area contributed by atoms with Gasteiger partial charge in [0.25, 0.3) is 0 Å². The second-order valence-corrected chi connectivity index (χ2v) is 3.44. The number of nitrogens with one attached hydrogen (secondary N) is 1. The van der Waals surface area contributed by atoms with Crippen LogP contribution in [-0.2, 0) is 4.79 Å². The lowest BCUT2D eigenvalue weighted by atomic mass is 10.1. The van der Waals surface area contributed by atoms with Crippen LogP contribution in [0.15, 0.2) is 24.3 Å². The summed E-state index contributed by atoms with van der Waals surface area (Å²) in [5.74, 6) is 0.977. The molecule has 1 N–H and O–H groups in total. The number of ether oxygens (including phenoxy) is 1. The van der Waals surface area contributed by atoms with Gasteiger partial charge in [-0.1, -0.05) is 6.92 Å². The smallest absolute Gasteiger partial charge is 0.151 e. The Morgan fingerprint density at radius 2 is 2.00 bits per heavy atom. The Hall–Kier alpha value is -1.51. The first-order valence-electron chi connectivity index (χ1n) is 5.08. The van der Waals surface area contributed by atoms with Gasteiger partial charge in [0.15, 0.2) is 5.78 Å². The standard InChI is InChI=1S/C12H17NO2/c1-4-12(9(2)14)13-10-5-7-11(15-3)8-6-10/h5-8,12-13H,4H2,1-3H3/t12-/m1/s1. The summed E-state index contributed by atoms with van der Waals surface area (Å²) in [4.78, 5) is 11.2. The van der Waals surface area contributed by atoms with Crippen molar-refractivity contribution in [3.8, 4) is 5.75 Å². The lowest BCUT2D eigenvalue weighted by molar-refractivity contribution is -0.117. The molecule has 82 valence electrons. The van der Waals surface area contributed by atoms with Crippen LogP contribution in [-0.4, -0.2) is 18.9 Å². The van der Waals surface area contributed by atoms with Crippen LogP contribution in [0.5, 0.6) is 5.75 Å². The fourth-order valence-electron chi connectivity index (χ4n) is 1.38. The van der Waals surface area contributed by atoms with E-state index in [1.165, 1.54) is 0 Å². The molecule has 1 aromatic carbocycles. The highest BCUT2D eigenvalue weighted by molar-refractivity contribution is 5.84. The SMILES string of the molecule is CC[C@@H](Nc1ccc(OC)cc1)C(C)=O. The quantitative estimate of drug-likeness (QED) is 0.806. The zero-order valence-corrected chi connectivity index (χ0v) is 9.41. The molecule has 0 bridgehead atoms. The molecular formula is C12H17NO2. The molecule has 0 unspecified atom stereocenters. The number of ketones is 1.